The molecular formula is C11H23N7. The van der Waals surface area contributed by atoms with Crippen LogP contribution in [0.3, 0.4) is 0 Å². The monoisotopic (exact) mass is 253 g/mol. The summed E-state index contributed by atoms with van der Waals surface area (Å²) in [5.74, 6) is 1.39. The van der Waals surface area contributed by atoms with Crippen molar-refractivity contribution < 1.29 is 0 Å². The third kappa shape index (κ3) is 3.72. The van der Waals surface area contributed by atoms with Crippen molar-refractivity contribution in [1.29, 1.82) is 0 Å². The van der Waals surface area contributed by atoms with Crippen molar-refractivity contribution in [2.24, 2.45) is 18.7 Å². The Hall–Kier alpha value is -1.05. The van der Waals surface area contributed by atoms with Gasteiger partial charge in [-0.05, 0) is 17.7 Å². The van der Waals surface area contributed by atoms with E-state index in [1.807, 2.05) is 0 Å². The van der Waals surface area contributed by atoms with Crippen LogP contribution in [0.1, 0.15) is 12.7 Å². The van der Waals surface area contributed by atoms with Gasteiger partial charge in [-0.25, -0.2) is 0 Å². The van der Waals surface area contributed by atoms with Crippen LogP contribution in [0.15, 0.2) is 0 Å². The van der Waals surface area contributed by atoms with Gasteiger partial charge < -0.3 is 10.6 Å². The summed E-state index contributed by atoms with van der Waals surface area (Å²) in [6, 6.07) is 0. The van der Waals surface area contributed by atoms with Crippen LogP contribution >= 0.6 is 0 Å². The zero-order valence-electron chi connectivity index (χ0n) is 11.3. The second-order valence-electron chi connectivity index (χ2n) is 5.11. The first kappa shape index (κ1) is 13.4. The van der Waals surface area contributed by atoms with Crippen molar-refractivity contribution in [3.8, 4) is 0 Å². The van der Waals surface area contributed by atoms with Gasteiger partial charge >= 0.3 is 0 Å². The van der Waals surface area contributed by atoms with E-state index in [0.29, 0.717) is 5.92 Å². The summed E-state index contributed by atoms with van der Waals surface area (Å²) in [5.41, 5.74) is 5.66. The molecule has 1 aliphatic heterocycles. The van der Waals surface area contributed by atoms with E-state index >= 15 is 0 Å². The van der Waals surface area contributed by atoms with Crippen LogP contribution in [0.4, 0.5) is 0 Å². The summed E-state index contributed by atoms with van der Waals surface area (Å²) in [7, 11) is 1.79. The minimum absolute atomic E-state index is 0.582. The van der Waals surface area contributed by atoms with E-state index in [0.717, 1.165) is 51.6 Å². The van der Waals surface area contributed by atoms with Gasteiger partial charge in [-0.15, -0.1) is 10.2 Å². The van der Waals surface area contributed by atoms with Gasteiger partial charge in [-0.2, -0.15) is 4.80 Å². The van der Waals surface area contributed by atoms with Gasteiger partial charge in [0.25, 0.3) is 0 Å². The number of tetrazole rings is 1. The second-order valence-corrected chi connectivity index (χ2v) is 5.11. The molecule has 0 radical (unpaired) electrons. The Balaban J connectivity index is 1.73. The largest absolute Gasteiger partial charge is 0.330 e. The molecule has 0 aromatic carbocycles. The van der Waals surface area contributed by atoms with Gasteiger partial charge in [0.1, 0.15) is 0 Å². The van der Waals surface area contributed by atoms with Crippen molar-refractivity contribution in [3.05, 3.63) is 5.82 Å². The summed E-state index contributed by atoms with van der Waals surface area (Å²) in [4.78, 5) is 6.37. The number of nitrogens with two attached hydrogens (primary N) is 1. The van der Waals surface area contributed by atoms with Crippen molar-refractivity contribution in [2.45, 2.75) is 13.5 Å². The summed E-state index contributed by atoms with van der Waals surface area (Å²) in [6.45, 7) is 9.21. The average molecular weight is 253 g/mol. The molecule has 1 aliphatic rings. The Kier molecular flexibility index (Phi) is 4.62. The lowest BCUT2D eigenvalue weighted by atomic mass is 10.1. The molecule has 102 valence electrons. The van der Waals surface area contributed by atoms with Crippen LogP contribution in [0.25, 0.3) is 0 Å². The number of nitrogens with zero attached hydrogens (tertiary/aromatic N) is 6. The molecule has 2 heterocycles. The lowest BCUT2D eigenvalue weighted by Gasteiger charge is -2.35. The molecule has 1 fully saturated rings. The highest BCUT2D eigenvalue weighted by molar-refractivity contribution is 4.81. The Morgan fingerprint density at radius 1 is 1.22 bits per heavy atom. The molecule has 1 saturated heterocycles. The molecule has 0 aliphatic carbocycles. The Labute approximate surface area is 108 Å². The topological polar surface area (TPSA) is 76.1 Å². The van der Waals surface area contributed by atoms with Gasteiger partial charge in [0.05, 0.1) is 13.6 Å². The van der Waals surface area contributed by atoms with E-state index in [2.05, 4.69) is 32.1 Å². The van der Waals surface area contributed by atoms with Gasteiger partial charge in [0.15, 0.2) is 5.82 Å². The molecule has 0 saturated carbocycles. The van der Waals surface area contributed by atoms with Gasteiger partial charge in [-0.1, -0.05) is 6.92 Å². The fourth-order valence-corrected chi connectivity index (χ4v) is 2.23. The summed E-state index contributed by atoms with van der Waals surface area (Å²) < 4.78 is 0. The molecule has 7 nitrogen and oxygen atoms in total. The molecule has 0 bridgehead atoms. The Morgan fingerprint density at radius 3 is 2.44 bits per heavy atom. The van der Waals surface area contributed by atoms with Crippen molar-refractivity contribution in [1.82, 2.24) is 30.0 Å². The molecule has 1 atom stereocenters. The molecule has 1 unspecified atom stereocenters. The number of aryl methyl sites for hydroxylation is 1. The fourth-order valence-electron chi connectivity index (χ4n) is 2.23. The van der Waals surface area contributed by atoms with Crippen molar-refractivity contribution in [2.75, 3.05) is 39.3 Å². The first-order valence-electron chi connectivity index (χ1n) is 6.55. The van der Waals surface area contributed by atoms with E-state index in [9.17, 15) is 0 Å². The minimum atomic E-state index is 0.582. The first-order valence-corrected chi connectivity index (χ1v) is 6.55. The predicted octanol–water partition coefficient (Wildman–Crippen LogP) is -1.08. The number of aromatic nitrogens is 4. The normalized spacial score (nSPS) is 20.2. The molecule has 7 heteroatoms. The lowest BCUT2D eigenvalue weighted by Crippen LogP contribution is -2.47. The van der Waals surface area contributed by atoms with Crippen LogP contribution in [-0.4, -0.2) is 69.3 Å². The van der Waals surface area contributed by atoms with Crippen LogP contribution in [0, 0.1) is 5.92 Å². The molecule has 2 rings (SSSR count). The standard InChI is InChI=1S/C11H23N7/c1-10(7-12)8-17-3-5-18(6-4-17)9-11-13-15-16(2)14-11/h10H,3-9,12H2,1-2H3. The molecule has 0 amide bonds. The van der Waals surface area contributed by atoms with Gasteiger partial charge in [-0.3, -0.25) is 4.90 Å². The van der Waals surface area contributed by atoms with E-state index in [-0.39, 0.29) is 0 Å². The number of hydrogen-bond donors (Lipinski definition) is 1. The van der Waals surface area contributed by atoms with E-state index in [1.165, 1.54) is 4.80 Å². The van der Waals surface area contributed by atoms with Crippen LogP contribution in [0.5, 0.6) is 0 Å². The highest BCUT2D eigenvalue weighted by Gasteiger charge is 2.19. The maximum atomic E-state index is 5.66. The zero-order valence-corrected chi connectivity index (χ0v) is 11.3. The van der Waals surface area contributed by atoms with Crippen LogP contribution in [0.2, 0.25) is 0 Å². The van der Waals surface area contributed by atoms with E-state index in [1.54, 1.807) is 7.05 Å². The SMILES string of the molecule is CC(CN)CN1CCN(Cc2nnn(C)n2)CC1. The smallest absolute Gasteiger partial charge is 0.188 e. The number of hydrogen-bond acceptors (Lipinski definition) is 6. The lowest BCUT2D eigenvalue weighted by molar-refractivity contribution is 0.114. The van der Waals surface area contributed by atoms with E-state index < -0.39 is 0 Å². The maximum Gasteiger partial charge on any atom is 0.188 e. The third-order valence-corrected chi connectivity index (χ3v) is 3.35. The third-order valence-electron chi connectivity index (χ3n) is 3.35. The Bertz CT molecular complexity index is 356. The predicted molar refractivity (Wildman–Crippen MR) is 68.7 cm³/mol. The first-order chi connectivity index (χ1) is 8.67. The maximum absolute atomic E-state index is 5.66. The highest BCUT2D eigenvalue weighted by atomic mass is 15.6. The van der Waals surface area contributed by atoms with E-state index in [4.69, 9.17) is 5.73 Å². The van der Waals surface area contributed by atoms with Crippen LogP contribution < -0.4 is 5.73 Å². The Morgan fingerprint density at radius 2 is 1.89 bits per heavy atom. The highest BCUT2D eigenvalue weighted by Crippen LogP contribution is 2.07. The molecule has 18 heavy (non-hydrogen) atoms. The fraction of sp³-hybridized carbons (Fsp3) is 0.909. The van der Waals surface area contributed by atoms with Gasteiger partial charge in [0, 0.05) is 32.7 Å². The summed E-state index contributed by atoms with van der Waals surface area (Å²) in [5, 5.41) is 12.1. The zero-order chi connectivity index (χ0) is 13.0. The molecular weight excluding hydrogens is 230 g/mol. The second kappa shape index (κ2) is 6.21. The quantitative estimate of drug-likeness (QED) is 0.719. The summed E-state index contributed by atoms with van der Waals surface area (Å²) in [6.07, 6.45) is 0. The molecule has 0 spiro atoms. The molecule has 1 aromatic rings. The van der Waals surface area contributed by atoms with Crippen molar-refractivity contribution in [3.63, 3.8) is 0 Å². The average Bonchev–Trinajstić information content (AvgIpc) is 2.77. The van der Waals surface area contributed by atoms with Gasteiger partial charge in [0.2, 0.25) is 0 Å². The number of rotatable bonds is 5. The number of piperazine rings is 1. The summed E-state index contributed by atoms with van der Waals surface area (Å²) >= 11 is 0. The molecule has 2 N–H and O–H groups in total. The molecule has 1 aromatic heterocycles. The van der Waals surface area contributed by atoms with Crippen LogP contribution in [-0.2, 0) is 13.6 Å². The van der Waals surface area contributed by atoms with Crippen molar-refractivity contribution >= 4 is 0 Å². The minimum Gasteiger partial charge on any atom is -0.330 e.